The van der Waals surface area contributed by atoms with Crippen molar-refractivity contribution in [3.05, 3.63) is 51.7 Å². The number of thioether (sulfide) groups is 1. The molecule has 0 fully saturated rings. The molecule has 1 heterocycles. The van der Waals surface area contributed by atoms with Gasteiger partial charge in [0, 0.05) is 4.90 Å². The normalized spacial score (nSPS) is 11.2. The second kappa shape index (κ2) is 7.85. The molecule has 1 aromatic carbocycles. The molecule has 2 amide bonds. The van der Waals surface area contributed by atoms with Crippen LogP contribution in [0.1, 0.15) is 41.6 Å². The lowest BCUT2D eigenvalue weighted by atomic mass is 9.87. The fourth-order valence-corrected chi connectivity index (χ4v) is 3.48. The second-order valence-electron chi connectivity index (χ2n) is 6.50. The first-order valence-electron chi connectivity index (χ1n) is 7.64. The van der Waals surface area contributed by atoms with E-state index in [9.17, 15) is 9.59 Å². The van der Waals surface area contributed by atoms with E-state index in [2.05, 4.69) is 49.8 Å². The van der Waals surface area contributed by atoms with E-state index in [-0.39, 0.29) is 23.0 Å². The maximum atomic E-state index is 11.9. The number of nitrogens with one attached hydrogen (secondary N) is 2. The first kappa shape index (κ1) is 18.5. The van der Waals surface area contributed by atoms with Crippen LogP contribution < -0.4 is 10.9 Å². The van der Waals surface area contributed by atoms with E-state index in [1.165, 1.54) is 28.7 Å². The van der Waals surface area contributed by atoms with Crippen LogP contribution >= 0.6 is 23.1 Å². The van der Waals surface area contributed by atoms with Crippen molar-refractivity contribution in [2.45, 2.75) is 38.0 Å². The Kier molecular flexibility index (Phi) is 6.07. The molecule has 0 aliphatic heterocycles. The van der Waals surface area contributed by atoms with E-state index in [0.29, 0.717) is 4.88 Å². The quantitative estimate of drug-likeness (QED) is 0.640. The van der Waals surface area contributed by atoms with Crippen LogP contribution in [0.4, 0.5) is 0 Å². The van der Waals surface area contributed by atoms with Crippen molar-refractivity contribution in [3.63, 3.8) is 0 Å². The monoisotopic (exact) mass is 362 g/mol. The van der Waals surface area contributed by atoms with Crippen LogP contribution in [0.5, 0.6) is 0 Å². The fourth-order valence-electron chi connectivity index (χ4n) is 2.00. The zero-order chi connectivity index (χ0) is 17.7. The van der Waals surface area contributed by atoms with Crippen molar-refractivity contribution in [1.29, 1.82) is 0 Å². The summed E-state index contributed by atoms with van der Waals surface area (Å²) in [6, 6.07) is 9.85. The molecule has 0 saturated carbocycles. The molecule has 4 nitrogen and oxygen atoms in total. The first-order chi connectivity index (χ1) is 11.3. The van der Waals surface area contributed by atoms with Gasteiger partial charge in [0.2, 0.25) is 5.91 Å². The van der Waals surface area contributed by atoms with Crippen LogP contribution in [-0.4, -0.2) is 17.6 Å². The number of hydrogen-bond acceptors (Lipinski definition) is 4. The summed E-state index contributed by atoms with van der Waals surface area (Å²) in [6.07, 6.45) is 0. The van der Waals surface area contributed by atoms with E-state index < -0.39 is 0 Å². The molecule has 2 aromatic rings. The van der Waals surface area contributed by atoms with Crippen LogP contribution in [0.2, 0.25) is 0 Å². The molecule has 0 unspecified atom stereocenters. The van der Waals surface area contributed by atoms with Gasteiger partial charge < -0.3 is 0 Å². The standard InChI is InChI=1S/C18H22N2O2S2/c1-12-7-8-13(18(2,3)4)10-15(12)24-11-16(21)19-20-17(22)14-6-5-9-23-14/h5-10H,11H2,1-4H3,(H,19,21)(H,20,22). The van der Waals surface area contributed by atoms with Crippen molar-refractivity contribution in [2.24, 2.45) is 0 Å². The van der Waals surface area contributed by atoms with Crippen LogP contribution in [0.3, 0.4) is 0 Å². The molecule has 24 heavy (non-hydrogen) atoms. The SMILES string of the molecule is Cc1ccc(C(C)(C)C)cc1SCC(=O)NNC(=O)c1cccs1. The molecular formula is C18H22N2O2S2. The van der Waals surface area contributed by atoms with Crippen LogP contribution in [0, 0.1) is 6.92 Å². The van der Waals surface area contributed by atoms with E-state index in [4.69, 9.17) is 0 Å². The number of thiophene rings is 1. The topological polar surface area (TPSA) is 58.2 Å². The number of hydrogen-bond donors (Lipinski definition) is 2. The van der Waals surface area contributed by atoms with Crippen LogP contribution in [0.25, 0.3) is 0 Å². The minimum absolute atomic E-state index is 0.0694. The summed E-state index contributed by atoms with van der Waals surface area (Å²) in [5.74, 6) is -0.279. The van der Waals surface area contributed by atoms with Gasteiger partial charge in [-0.25, -0.2) is 0 Å². The highest BCUT2D eigenvalue weighted by molar-refractivity contribution is 8.00. The smallest absolute Gasteiger partial charge is 0.272 e. The third-order valence-corrected chi connectivity index (χ3v) is 5.50. The third-order valence-electron chi connectivity index (χ3n) is 3.47. The van der Waals surface area contributed by atoms with Gasteiger partial charge in [-0.2, -0.15) is 0 Å². The van der Waals surface area contributed by atoms with E-state index in [1.807, 2.05) is 12.3 Å². The van der Waals surface area contributed by atoms with Crippen molar-refractivity contribution >= 4 is 34.9 Å². The molecule has 2 rings (SSSR count). The number of aryl methyl sites for hydroxylation is 1. The van der Waals surface area contributed by atoms with Crippen molar-refractivity contribution in [2.75, 3.05) is 5.75 Å². The minimum Gasteiger partial charge on any atom is -0.272 e. The highest BCUT2D eigenvalue weighted by atomic mass is 32.2. The Bertz CT molecular complexity index is 719. The summed E-state index contributed by atoms with van der Waals surface area (Å²) in [7, 11) is 0. The Morgan fingerprint density at radius 1 is 1.17 bits per heavy atom. The Labute approximate surface area is 151 Å². The van der Waals surface area contributed by atoms with Gasteiger partial charge >= 0.3 is 0 Å². The van der Waals surface area contributed by atoms with Gasteiger partial charge in [0.05, 0.1) is 10.6 Å². The van der Waals surface area contributed by atoms with Gasteiger partial charge in [0.25, 0.3) is 5.91 Å². The molecule has 1 aromatic heterocycles. The lowest BCUT2D eigenvalue weighted by Gasteiger charge is -2.20. The zero-order valence-electron chi connectivity index (χ0n) is 14.3. The largest absolute Gasteiger partial charge is 0.279 e. The summed E-state index contributed by atoms with van der Waals surface area (Å²) in [6.45, 7) is 8.53. The van der Waals surface area contributed by atoms with Crippen molar-refractivity contribution in [1.82, 2.24) is 10.9 Å². The Morgan fingerprint density at radius 3 is 2.54 bits per heavy atom. The Hall–Kier alpha value is -1.79. The van der Waals surface area contributed by atoms with Gasteiger partial charge in [-0.15, -0.1) is 23.1 Å². The number of carbonyl (C=O) groups is 2. The second-order valence-corrected chi connectivity index (χ2v) is 8.46. The van der Waals surface area contributed by atoms with Crippen LogP contribution in [0.15, 0.2) is 40.6 Å². The highest BCUT2D eigenvalue weighted by Crippen LogP contribution is 2.29. The van der Waals surface area contributed by atoms with E-state index >= 15 is 0 Å². The van der Waals surface area contributed by atoms with Gasteiger partial charge in [0.1, 0.15) is 0 Å². The number of hydrazine groups is 1. The molecule has 0 aliphatic rings. The van der Waals surface area contributed by atoms with Gasteiger partial charge in [-0.3, -0.25) is 20.4 Å². The molecule has 0 bridgehead atoms. The predicted molar refractivity (Wildman–Crippen MR) is 101 cm³/mol. The molecule has 0 saturated heterocycles. The molecule has 0 aliphatic carbocycles. The maximum Gasteiger partial charge on any atom is 0.279 e. The maximum absolute atomic E-state index is 11.9. The number of rotatable bonds is 4. The Balaban J connectivity index is 1.88. The lowest BCUT2D eigenvalue weighted by Crippen LogP contribution is -2.42. The molecule has 128 valence electrons. The van der Waals surface area contributed by atoms with Gasteiger partial charge in [0.15, 0.2) is 0 Å². The zero-order valence-corrected chi connectivity index (χ0v) is 15.9. The lowest BCUT2D eigenvalue weighted by molar-refractivity contribution is -0.119. The average molecular weight is 363 g/mol. The van der Waals surface area contributed by atoms with Gasteiger partial charge in [-0.1, -0.05) is 39.0 Å². The first-order valence-corrected chi connectivity index (χ1v) is 9.50. The third kappa shape index (κ3) is 5.11. The summed E-state index contributed by atoms with van der Waals surface area (Å²) in [5.41, 5.74) is 7.33. The summed E-state index contributed by atoms with van der Waals surface area (Å²) in [4.78, 5) is 25.4. The molecule has 2 N–H and O–H groups in total. The highest BCUT2D eigenvalue weighted by Gasteiger charge is 2.15. The molecule has 0 spiro atoms. The molecular weight excluding hydrogens is 340 g/mol. The number of carbonyl (C=O) groups excluding carboxylic acids is 2. The fraction of sp³-hybridized carbons (Fsp3) is 0.333. The summed E-state index contributed by atoms with van der Waals surface area (Å²) in [5, 5.41) is 1.82. The average Bonchev–Trinajstić information content (AvgIpc) is 3.05. The van der Waals surface area contributed by atoms with Crippen molar-refractivity contribution in [3.8, 4) is 0 Å². The van der Waals surface area contributed by atoms with E-state index in [0.717, 1.165) is 10.5 Å². The predicted octanol–water partition coefficient (Wildman–Crippen LogP) is 3.91. The minimum atomic E-state index is -0.297. The number of benzene rings is 1. The van der Waals surface area contributed by atoms with Crippen LogP contribution in [-0.2, 0) is 10.2 Å². The number of amides is 2. The molecule has 0 atom stereocenters. The van der Waals surface area contributed by atoms with Crippen molar-refractivity contribution < 1.29 is 9.59 Å². The summed E-state index contributed by atoms with van der Waals surface area (Å²) >= 11 is 2.80. The summed E-state index contributed by atoms with van der Waals surface area (Å²) < 4.78 is 0. The van der Waals surface area contributed by atoms with E-state index in [1.54, 1.807) is 12.1 Å². The Morgan fingerprint density at radius 2 is 1.92 bits per heavy atom. The van der Waals surface area contributed by atoms with Gasteiger partial charge in [-0.05, 0) is 41.0 Å². The molecule has 0 radical (unpaired) electrons. The molecule has 6 heteroatoms.